The number of nitrogens with zero attached hydrogens (tertiary/aromatic N) is 2. The predicted octanol–water partition coefficient (Wildman–Crippen LogP) is 0.812. The number of anilines is 2. The van der Waals surface area contributed by atoms with Gasteiger partial charge in [0.2, 0.25) is 0 Å². The molecule has 1 aromatic rings. The lowest BCUT2D eigenvalue weighted by atomic mass is 10.2. The molecule has 1 saturated heterocycles. The Morgan fingerprint density at radius 3 is 2.72 bits per heavy atom. The lowest BCUT2D eigenvalue weighted by Gasteiger charge is -2.30. The molecule has 8 heteroatoms. The second-order valence-electron chi connectivity index (χ2n) is 6.05. The van der Waals surface area contributed by atoms with E-state index in [2.05, 4.69) is 55.4 Å². The number of benzene rings is 1. The first-order valence-corrected chi connectivity index (χ1v) is 9.10. The molecule has 25 heavy (non-hydrogen) atoms. The average Bonchev–Trinajstić information content (AvgIpc) is 2.66. The number of hydrogen-bond donors (Lipinski definition) is 5. The molecule has 3 rings (SSSR count). The van der Waals surface area contributed by atoms with Gasteiger partial charge < -0.3 is 31.9 Å². The van der Waals surface area contributed by atoms with Gasteiger partial charge in [0.25, 0.3) is 0 Å². The summed E-state index contributed by atoms with van der Waals surface area (Å²) in [6.07, 6.45) is 2.29. The van der Waals surface area contributed by atoms with Gasteiger partial charge in [0, 0.05) is 50.3 Å². The molecule has 2 aliphatic heterocycles. The van der Waals surface area contributed by atoms with Crippen LogP contribution < -0.4 is 31.9 Å². The fraction of sp³-hybridized carbons (Fsp3) is 0.471. The summed E-state index contributed by atoms with van der Waals surface area (Å²) in [4.78, 5) is 6.76. The van der Waals surface area contributed by atoms with E-state index in [0.717, 1.165) is 50.7 Å². The molecule has 0 aromatic heterocycles. The molecule has 0 aliphatic carbocycles. The maximum atomic E-state index is 6.17. The van der Waals surface area contributed by atoms with Crippen LogP contribution in [0.5, 0.6) is 0 Å². The van der Waals surface area contributed by atoms with E-state index in [-0.39, 0.29) is 6.29 Å². The Kier molecular flexibility index (Phi) is 6.38. The van der Waals surface area contributed by atoms with Crippen molar-refractivity contribution in [3.8, 4) is 0 Å². The topological polar surface area (TPSA) is 89.7 Å². The number of nitrogens with one attached hydrogen (secondary N) is 4. The molecule has 6 N–H and O–H groups in total. The lowest BCUT2D eigenvalue weighted by molar-refractivity contribution is 0.585. The van der Waals surface area contributed by atoms with Crippen LogP contribution in [0.2, 0.25) is 0 Å². The molecule has 0 bridgehead atoms. The van der Waals surface area contributed by atoms with Crippen molar-refractivity contribution in [1.82, 2.24) is 16.0 Å². The van der Waals surface area contributed by atoms with Crippen molar-refractivity contribution in [2.24, 2.45) is 10.7 Å². The van der Waals surface area contributed by atoms with Crippen molar-refractivity contribution < 1.29 is 0 Å². The number of allylic oxidation sites excluding steroid dienone is 1. The quantitative estimate of drug-likeness (QED) is 0.461. The molecule has 0 radical (unpaired) electrons. The van der Waals surface area contributed by atoms with Crippen LogP contribution in [-0.2, 0) is 0 Å². The van der Waals surface area contributed by atoms with Crippen LogP contribution in [0.4, 0.5) is 11.4 Å². The van der Waals surface area contributed by atoms with Crippen LogP contribution in [0.3, 0.4) is 0 Å². The molecule has 1 fully saturated rings. The van der Waals surface area contributed by atoms with Crippen molar-refractivity contribution in [3.05, 3.63) is 35.1 Å². The van der Waals surface area contributed by atoms with Gasteiger partial charge in [0.05, 0.1) is 5.03 Å². The van der Waals surface area contributed by atoms with Gasteiger partial charge in [-0.2, -0.15) is 0 Å². The zero-order chi connectivity index (χ0) is 17.5. The average molecular weight is 364 g/mol. The Bertz CT molecular complexity index is 608. The fourth-order valence-corrected chi connectivity index (χ4v) is 3.00. The van der Waals surface area contributed by atoms with Crippen LogP contribution in [0.25, 0.3) is 0 Å². The first-order chi connectivity index (χ1) is 12.3. The van der Waals surface area contributed by atoms with Gasteiger partial charge in [0.15, 0.2) is 6.29 Å². The molecule has 136 valence electrons. The van der Waals surface area contributed by atoms with Gasteiger partial charge in [-0.15, -0.1) is 0 Å². The standard InChI is InChI=1S/C17H26ClN7/c18-15-12-22-17(24-16(15)21-7-1-6-19)23-13-2-4-14(5-3-13)25-10-8-20-9-11-25/h2-5,12,17,20-21,23-24H,1,6-11,19H2. The summed E-state index contributed by atoms with van der Waals surface area (Å²) in [5, 5.41) is 13.8. The van der Waals surface area contributed by atoms with Gasteiger partial charge in [-0.05, 0) is 37.2 Å². The van der Waals surface area contributed by atoms with E-state index in [9.17, 15) is 0 Å². The summed E-state index contributed by atoms with van der Waals surface area (Å²) in [6, 6.07) is 8.44. The number of piperazine rings is 1. The van der Waals surface area contributed by atoms with Crippen molar-refractivity contribution in [2.45, 2.75) is 12.7 Å². The first kappa shape index (κ1) is 17.8. The summed E-state index contributed by atoms with van der Waals surface area (Å²) in [6.45, 7) is 5.58. The van der Waals surface area contributed by atoms with E-state index in [1.54, 1.807) is 6.21 Å². The second kappa shape index (κ2) is 8.94. The van der Waals surface area contributed by atoms with E-state index in [1.165, 1.54) is 5.69 Å². The lowest BCUT2D eigenvalue weighted by Crippen LogP contribution is -2.43. The normalized spacial score (nSPS) is 20.4. The Balaban J connectivity index is 1.54. The third kappa shape index (κ3) is 5.01. The summed E-state index contributed by atoms with van der Waals surface area (Å²) >= 11 is 6.17. The van der Waals surface area contributed by atoms with Crippen LogP contribution in [0, 0.1) is 0 Å². The van der Waals surface area contributed by atoms with Crippen LogP contribution in [-0.4, -0.2) is 51.8 Å². The minimum absolute atomic E-state index is 0.257. The van der Waals surface area contributed by atoms with Gasteiger partial charge in [-0.3, -0.25) is 0 Å². The van der Waals surface area contributed by atoms with Crippen LogP contribution >= 0.6 is 11.6 Å². The van der Waals surface area contributed by atoms with E-state index in [1.807, 2.05) is 0 Å². The number of halogens is 1. The highest BCUT2D eigenvalue weighted by Crippen LogP contribution is 2.19. The highest BCUT2D eigenvalue weighted by Gasteiger charge is 2.15. The van der Waals surface area contributed by atoms with Crippen molar-refractivity contribution in [3.63, 3.8) is 0 Å². The maximum Gasteiger partial charge on any atom is 0.195 e. The van der Waals surface area contributed by atoms with E-state index in [0.29, 0.717) is 11.6 Å². The van der Waals surface area contributed by atoms with Gasteiger partial charge in [0.1, 0.15) is 5.82 Å². The zero-order valence-electron chi connectivity index (χ0n) is 14.3. The predicted molar refractivity (Wildman–Crippen MR) is 105 cm³/mol. The molecule has 1 atom stereocenters. The van der Waals surface area contributed by atoms with Crippen molar-refractivity contribution in [1.29, 1.82) is 0 Å². The number of aliphatic imine (C=N–C) groups is 1. The smallest absolute Gasteiger partial charge is 0.195 e. The Labute approximate surface area is 153 Å². The van der Waals surface area contributed by atoms with E-state index in [4.69, 9.17) is 17.3 Å². The Morgan fingerprint density at radius 2 is 2.00 bits per heavy atom. The number of hydrogen-bond acceptors (Lipinski definition) is 7. The molecular formula is C17H26ClN7. The van der Waals surface area contributed by atoms with E-state index < -0.39 is 0 Å². The molecular weight excluding hydrogens is 338 g/mol. The SMILES string of the molecule is NCCCNC1=C(Cl)C=NC(Nc2ccc(N3CCNCC3)cc2)N1. The molecule has 0 amide bonds. The Morgan fingerprint density at radius 1 is 1.24 bits per heavy atom. The summed E-state index contributed by atoms with van der Waals surface area (Å²) in [7, 11) is 0. The van der Waals surface area contributed by atoms with Gasteiger partial charge >= 0.3 is 0 Å². The third-order valence-electron chi connectivity index (χ3n) is 4.19. The first-order valence-electron chi connectivity index (χ1n) is 8.72. The van der Waals surface area contributed by atoms with Gasteiger partial charge in [-0.25, -0.2) is 4.99 Å². The largest absolute Gasteiger partial charge is 0.370 e. The van der Waals surface area contributed by atoms with Gasteiger partial charge in [-0.1, -0.05) is 11.6 Å². The summed E-state index contributed by atoms with van der Waals surface area (Å²) < 4.78 is 0. The fourth-order valence-electron chi connectivity index (χ4n) is 2.82. The monoisotopic (exact) mass is 363 g/mol. The molecule has 1 unspecified atom stereocenters. The Hall–Kier alpha value is -1.96. The molecule has 0 spiro atoms. The number of nitrogens with two attached hydrogens (primary N) is 1. The molecule has 2 aliphatic rings. The number of rotatable bonds is 7. The van der Waals surface area contributed by atoms with Crippen molar-refractivity contribution >= 4 is 29.2 Å². The zero-order valence-corrected chi connectivity index (χ0v) is 15.0. The highest BCUT2D eigenvalue weighted by molar-refractivity contribution is 6.39. The molecule has 1 aromatic carbocycles. The third-order valence-corrected chi connectivity index (χ3v) is 4.48. The summed E-state index contributed by atoms with van der Waals surface area (Å²) in [5.41, 5.74) is 7.78. The summed E-state index contributed by atoms with van der Waals surface area (Å²) in [5.74, 6) is 0.778. The van der Waals surface area contributed by atoms with Crippen molar-refractivity contribution in [2.75, 3.05) is 49.5 Å². The second-order valence-corrected chi connectivity index (χ2v) is 6.45. The maximum absolute atomic E-state index is 6.17. The molecule has 2 heterocycles. The van der Waals surface area contributed by atoms with Crippen LogP contribution in [0.1, 0.15) is 6.42 Å². The highest BCUT2D eigenvalue weighted by atomic mass is 35.5. The van der Waals surface area contributed by atoms with E-state index >= 15 is 0 Å². The molecule has 7 nitrogen and oxygen atoms in total. The molecule has 0 saturated carbocycles. The van der Waals surface area contributed by atoms with Crippen LogP contribution in [0.15, 0.2) is 40.1 Å². The minimum atomic E-state index is -0.257. The minimum Gasteiger partial charge on any atom is -0.370 e.